The average molecular weight is 947 g/mol. The van der Waals surface area contributed by atoms with E-state index in [0.717, 1.165) is 83.2 Å². The highest BCUT2D eigenvalue weighted by atomic mass is 19.3. The van der Waals surface area contributed by atoms with Crippen molar-refractivity contribution in [2.75, 3.05) is 13.2 Å². The van der Waals surface area contributed by atoms with Crippen molar-refractivity contribution in [1.29, 1.82) is 0 Å². The van der Waals surface area contributed by atoms with Gasteiger partial charge in [0.15, 0.2) is 0 Å². The summed E-state index contributed by atoms with van der Waals surface area (Å²) in [5, 5.41) is 0. The number of unbranched alkanes of at least 4 members (excludes halogenated alkanes) is 8. The smallest absolute Gasteiger partial charge is 0.432 e. The van der Waals surface area contributed by atoms with Crippen LogP contribution in [0.1, 0.15) is 126 Å². The molecular formula is C49H47F13O4. The van der Waals surface area contributed by atoms with Gasteiger partial charge in [-0.15, -0.1) is 10.3 Å². The van der Waals surface area contributed by atoms with E-state index < -0.39 is 92.5 Å². The average Bonchev–Trinajstić information content (AvgIpc) is 3.21. The number of alkyl halides is 4. The highest BCUT2D eigenvalue weighted by Crippen LogP contribution is 2.39. The molecule has 66 heavy (non-hydrogen) atoms. The van der Waals surface area contributed by atoms with Crippen molar-refractivity contribution in [3.05, 3.63) is 117 Å². The van der Waals surface area contributed by atoms with Crippen molar-refractivity contribution in [1.82, 2.24) is 0 Å². The van der Waals surface area contributed by atoms with Gasteiger partial charge in [0.1, 0.15) is 86.8 Å². The zero-order valence-electron chi connectivity index (χ0n) is 36.1. The molecule has 4 aromatic carbocycles. The standard InChI is InChI=1S/C49H47F13O4/c1-3-5-10-16-31(17-11-6-8-13-21-63-32-23-42(55)46(43(56)24-32)48(59,60)65-34-27-38(51)36(15-4-2)39(52)28-34)18-12-7-9-14-22-64-33-25-44(57)47(45(58)26-33)49(61,62)66-35-29-40(53)37(19-20-50)41(54)30-35/h23-31H,3,5-14,16-18,21-22H2,1-2H3. The van der Waals surface area contributed by atoms with Crippen LogP contribution in [0.25, 0.3) is 0 Å². The lowest BCUT2D eigenvalue weighted by molar-refractivity contribution is -0.190. The number of ether oxygens (including phenoxy) is 4. The van der Waals surface area contributed by atoms with Crippen LogP contribution in [-0.4, -0.2) is 13.2 Å². The predicted octanol–water partition coefficient (Wildman–Crippen LogP) is 15.3. The van der Waals surface area contributed by atoms with Crippen LogP contribution in [0.15, 0.2) is 48.5 Å². The molecule has 17 heteroatoms. The van der Waals surface area contributed by atoms with Gasteiger partial charge in [0.2, 0.25) is 0 Å². The molecule has 0 amide bonds. The van der Waals surface area contributed by atoms with Gasteiger partial charge in [-0.1, -0.05) is 89.9 Å². The lowest BCUT2D eigenvalue weighted by Gasteiger charge is -2.20. The van der Waals surface area contributed by atoms with Crippen LogP contribution >= 0.6 is 0 Å². The minimum atomic E-state index is -4.70. The lowest BCUT2D eigenvalue weighted by Crippen LogP contribution is -2.25. The molecule has 1 unspecified atom stereocenters. The Morgan fingerprint density at radius 3 is 1.14 bits per heavy atom. The molecular weight excluding hydrogens is 900 g/mol. The number of halogens is 13. The van der Waals surface area contributed by atoms with E-state index >= 15 is 0 Å². The third kappa shape index (κ3) is 15.4. The highest BCUT2D eigenvalue weighted by molar-refractivity contribution is 5.43. The van der Waals surface area contributed by atoms with Gasteiger partial charge >= 0.3 is 12.2 Å². The van der Waals surface area contributed by atoms with E-state index in [4.69, 9.17) is 9.47 Å². The molecule has 0 saturated heterocycles. The lowest BCUT2D eigenvalue weighted by atomic mass is 9.90. The topological polar surface area (TPSA) is 36.9 Å². The minimum Gasteiger partial charge on any atom is -0.493 e. The van der Waals surface area contributed by atoms with Crippen LogP contribution < -0.4 is 18.9 Å². The predicted molar refractivity (Wildman–Crippen MR) is 220 cm³/mol. The van der Waals surface area contributed by atoms with Gasteiger partial charge in [-0.25, -0.2) is 35.1 Å². The van der Waals surface area contributed by atoms with Crippen molar-refractivity contribution in [3.63, 3.8) is 0 Å². The Morgan fingerprint density at radius 2 is 0.788 bits per heavy atom. The molecule has 1 atom stereocenters. The van der Waals surface area contributed by atoms with Crippen LogP contribution in [0, 0.1) is 76.4 Å². The van der Waals surface area contributed by atoms with Gasteiger partial charge in [-0.05, 0) is 31.6 Å². The van der Waals surface area contributed by atoms with E-state index in [1.54, 1.807) is 0 Å². The summed E-state index contributed by atoms with van der Waals surface area (Å²) in [6.45, 7) is 3.52. The van der Waals surface area contributed by atoms with Gasteiger partial charge in [0, 0.05) is 48.5 Å². The fourth-order valence-corrected chi connectivity index (χ4v) is 7.12. The summed E-state index contributed by atoms with van der Waals surface area (Å²) in [7, 11) is 0. The third-order valence-electron chi connectivity index (χ3n) is 10.3. The summed E-state index contributed by atoms with van der Waals surface area (Å²) in [5.41, 5.74) is -5.30. The van der Waals surface area contributed by atoms with Crippen LogP contribution in [0.3, 0.4) is 0 Å². The van der Waals surface area contributed by atoms with Crippen molar-refractivity contribution >= 4 is 0 Å². The first kappa shape index (κ1) is 52.9. The van der Waals surface area contributed by atoms with Crippen molar-refractivity contribution in [3.8, 4) is 46.9 Å². The van der Waals surface area contributed by atoms with E-state index in [0.29, 0.717) is 55.2 Å². The molecule has 0 fully saturated rings. The summed E-state index contributed by atoms with van der Waals surface area (Å²) in [6, 6.07) is 3.63. The number of benzene rings is 4. The highest BCUT2D eigenvalue weighted by Gasteiger charge is 2.43. The van der Waals surface area contributed by atoms with E-state index in [2.05, 4.69) is 28.2 Å². The Hall–Kier alpha value is -5.71. The van der Waals surface area contributed by atoms with Crippen molar-refractivity contribution in [2.45, 2.75) is 116 Å². The molecule has 0 aliphatic heterocycles. The SMILES string of the molecule is CC#Cc1c(F)cc(OC(F)(F)c2c(F)cc(OCCCCCCC(CCCCC)CCCCCCOc3cc(F)c(C(F)(F)Oc4cc(F)c(C#CF)c(F)c4)c(F)c3)cc2F)cc1F. The molecule has 0 heterocycles. The molecule has 0 aliphatic rings. The number of hydrogen-bond donors (Lipinski definition) is 0. The number of hydrogen-bond acceptors (Lipinski definition) is 4. The maximum Gasteiger partial charge on any atom is 0.432 e. The zero-order chi connectivity index (χ0) is 48.4. The Bertz CT molecular complexity index is 2110. The molecule has 0 spiro atoms. The Labute approximate surface area is 374 Å². The molecule has 0 N–H and O–H groups in total. The van der Waals surface area contributed by atoms with Crippen molar-refractivity contribution < 1.29 is 76.0 Å². The van der Waals surface area contributed by atoms with Crippen LogP contribution in [0.4, 0.5) is 57.1 Å². The Balaban J connectivity index is 1.15. The van der Waals surface area contributed by atoms with E-state index in [1.165, 1.54) is 12.8 Å². The zero-order valence-corrected chi connectivity index (χ0v) is 36.1. The Kier molecular flexibility index (Phi) is 20.3. The van der Waals surface area contributed by atoms with Crippen molar-refractivity contribution in [2.24, 2.45) is 5.92 Å². The molecule has 4 nitrogen and oxygen atoms in total. The summed E-state index contributed by atoms with van der Waals surface area (Å²) in [4.78, 5) is 0. The van der Waals surface area contributed by atoms with E-state index in [1.807, 2.05) is 0 Å². The van der Waals surface area contributed by atoms with Crippen LogP contribution in [0.2, 0.25) is 0 Å². The van der Waals surface area contributed by atoms with E-state index in [9.17, 15) is 57.1 Å². The van der Waals surface area contributed by atoms with Gasteiger partial charge < -0.3 is 18.9 Å². The second-order valence-corrected chi connectivity index (χ2v) is 15.3. The second kappa shape index (κ2) is 25.3. The first-order valence-corrected chi connectivity index (χ1v) is 21.3. The third-order valence-corrected chi connectivity index (χ3v) is 10.3. The number of rotatable bonds is 26. The molecule has 358 valence electrons. The molecule has 0 radical (unpaired) electrons. The first-order chi connectivity index (χ1) is 31.4. The quantitative estimate of drug-likeness (QED) is 0.0357. The summed E-state index contributed by atoms with van der Waals surface area (Å²) in [6.07, 6.45) is 3.70. The molecule has 0 bridgehead atoms. The molecule has 0 aliphatic carbocycles. The fourth-order valence-electron chi connectivity index (χ4n) is 7.12. The molecule has 4 rings (SSSR count). The first-order valence-electron chi connectivity index (χ1n) is 21.3. The van der Waals surface area contributed by atoms with Gasteiger partial charge in [0.05, 0.1) is 24.3 Å². The minimum absolute atomic E-state index is 0.0413. The Morgan fingerprint density at radius 1 is 0.455 bits per heavy atom. The second-order valence-electron chi connectivity index (χ2n) is 15.3. The summed E-state index contributed by atoms with van der Waals surface area (Å²) in [5.74, 6) is -8.90. The van der Waals surface area contributed by atoms with E-state index in [-0.39, 0.29) is 36.8 Å². The maximum absolute atomic E-state index is 14.8. The molecule has 0 saturated carbocycles. The van der Waals surface area contributed by atoms with Gasteiger partial charge in [-0.2, -0.15) is 17.6 Å². The maximum atomic E-state index is 14.8. The molecule has 0 aromatic heterocycles. The monoisotopic (exact) mass is 946 g/mol. The normalized spacial score (nSPS) is 11.9. The fraction of sp³-hybridized carbons (Fsp3) is 0.429. The van der Waals surface area contributed by atoms with Gasteiger partial charge in [0.25, 0.3) is 0 Å². The molecule has 4 aromatic rings. The van der Waals surface area contributed by atoms with Crippen LogP contribution in [-0.2, 0) is 12.2 Å². The summed E-state index contributed by atoms with van der Waals surface area (Å²) < 4.78 is 206. The summed E-state index contributed by atoms with van der Waals surface area (Å²) >= 11 is 0. The largest absolute Gasteiger partial charge is 0.493 e. The van der Waals surface area contributed by atoms with Crippen LogP contribution in [0.5, 0.6) is 23.0 Å². The van der Waals surface area contributed by atoms with Gasteiger partial charge in [-0.3, -0.25) is 0 Å².